The number of hydrogen-bond donors (Lipinski definition) is 8. The van der Waals surface area contributed by atoms with E-state index in [1.165, 1.54) is 26.2 Å². The highest BCUT2D eigenvalue weighted by molar-refractivity contribution is 5.98. The molecule has 80 heavy (non-hydrogen) atoms. The van der Waals surface area contributed by atoms with Crippen molar-refractivity contribution in [1.82, 2.24) is 36.0 Å². The van der Waals surface area contributed by atoms with Gasteiger partial charge in [0.15, 0.2) is 0 Å². The number of nitrogens with one attached hydrogen (secondary N) is 5. The first-order valence-corrected chi connectivity index (χ1v) is 28.0. The van der Waals surface area contributed by atoms with Crippen molar-refractivity contribution >= 4 is 53.3 Å². The van der Waals surface area contributed by atoms with Crippen LogP contribution in [-0.2, 0) is 49.6 Å². The molecule has 2 unspecified atom stereocenters. The average molecular weight is 1120 g/mol. The molecule has 0 aromatic heterocycles. The molecule has 448 valence electrons. The minimum Gasteiger partial charge on any atom is -0.445 e. The zero-order chi connectivity index (χ0) is 60.1. The fourth-order valence-electron chi connectivity index (χ4n) is 10.2. The summed E-state index contributed by atoms with van der Waals surface area (Å²) in [5.41, 5.74) is 12.8. The number of nitrogens with zero attached hydrogens (tertiary/aromatic N) is 3. The van der Waals surface area contributed by atoms with Crippen molar-refractivity contribution in [3.63, 3.8) is 0 Å². The molecule has 1 heterocycles. The molecule has 0 bridgehead atoms. The van der Waals surface area contributed by atoms with Gasteiger partial charge >= 0.3 is 12.1 Å². The lowest BCUT2D eigenvalue weighted by molar-refractivity contribution is -0.148. The van der Waals surface area contributed by atoms with E-state index in [4.69, 9.17) is 25.7 Å². The highest BCUT2D eigenvalue weighted by Crippen LogP contribution is 2.30. The Labute approximate surface area is 473 Å². The quantitative estimate of drug-likeness (QED) is 0.0485. The highest BCUT2D eigenvalue weighted by atomic mass is 16.6. The zero-order valence-electron chi connectivity index (χ0n) is 49.7. The summed E-state index contributed by atoms with van der Waals surface area (Å²) in [4.78, 5) is 112. The smallest absolute Gasteiger partial charge is 0.410 e. The van der Waals surface area contributed by atoms with Gasteiger partial charge in [0.1, 0.15) is 24.7 Å². The summed E-state index contributed by atoms with van der Waals surface area (Å²) >= 11 is 0. The van der Waals surface area contributed by atoms with E-state index in [0.717, 1.165) is 0 Å². The number of carbonyl (C=O) groups is 8. The van der Waals surface area contributed by atoms with Gasteiger partial charge < -0.3 is 67.2 Å². The molecular formula is C58H94N10O12. The van der Waals surface area contributed by atoms with Crippen molar-refractivity contribution in [3.05, 3.63) is 65.7 Å². The van der Waals surface area contributed by atoms with Crippen molar-refractivity contribution in [2.45, 2.75) is 175 Å². The van der Waals surface area contributed by atoms with Crippen LogP contribution in [0.5, 0.6) is 0 Å². The minimum atomic E-state index is -1.05. The summed E-state index contributed by atoms with van der Waals surface area (Å²) in [7, 11) is 6.12. The van der Waals surface area contributed by atoms with E-state index in [2.05, 4.69) is 26.6 Å². The van der Waals surface area contributed by atoms with Crippen molar-refractivity contribution in [2.75, 3.05) is 46.7 Å². The van der Waals surface area contributed by atoms with Crippen molar-refractivity contribution in [3.8, 4) is 0 Å². The molecule has 1 saturated heterocycles. The average Bonchev–Trinajstić information content (AvgIpc) is 3.91. The van der Waals surface area contributed by atoms with Gasteiger partial charge in [-0.1, -0.05) is 111 Å². The summed E-state index contributed by atoms with van der Waals surface area (Å²) < 4.78 is 17.7. The Balaban J connectivity index is 1.70. The number of aliphatic hydroxyl groups excluding tert-OH is 1. The predicted octanol–water partition coefficient (Wildman–Crippen LogP) is 4.43. The number of primary amides is 1. The van der Waals surface area contributed by atoms with Gasteiger partial charge in [-0.15, -0.1) is 0 Å². The Hall–Kier alpha value is -6.36. The second-order valence-corrected chi connectivity index (χ2v) is 22.3. The van der Waals surface area contributed by atoms with Crippen molar-refractivity contribution in [2.24, 2.45) is 41.1 Å². The molecule has 3 rings (SSSR count). The summed E-state index contributed by atoms with van der Waals surface area (Å²) in [6.45, 7) is 18.7. The van der Waals surface area contributed by atoms with Crippen LogP contribution >= 0.6 is 0 Å². The molecule has 0 saturated carbocycles. The van der Waals surface area contributed by atoms with Crippen LogP contribution in [0.1, 0.15) is 125 Å². The number of nitrogens with two attached hydrogens (primary N) is 2. The van der Waals surface area contributed by atoms with Gasteiger partial charge in [-0.2, -0.15) is 0 Å². The van der Waals surface area contributed by atoms with Crippen LogP contribution in [0.4, 0.5) is 15.3 Å². The number of likely N-dealkylation sites (N-methyl/N-ethyl adjacent to an activating group) is 2. The van der Waals surface area contributed by atoms with Crippen LogP contribution < -0.4 is 38.1 Å². The van der Waals surface area contributed by atoms with E-state index < -0.39 is 114 Å². The first-order chi connectivity index (χ1) is 37.7. The summed E-state index contributed by atoms with van der Waals surface area (Å²) in [6.07, 6.45) is -0.736. The predicted molar refractivity (Wildman–Crippen MR) is 305 cm³/mol. The van der Waals surface area contributed by atoms with Crippen LogP contribution in [0, 0.1) is 29.6 Å². The van der Waals surface area contributed by atoms with Crippen LogP contribution in [0.3, 0.4) is 0 Å². The largest absolute Gasteiger partial charge is 0.445 e. The molecule has 10 N–H and O–H groups in total. The maximum Gasteiger partial charge on any atom is 0.410 e. The molecule has 2 aromatic carbocycles. The van der Waals surface area contributed by atoms with Gasteiger partial charge in [-0.05, 0) is 79.5 Å². The molecule has 0 aliphatic carbocycles. The van der Waals surface area contributed by atoms with Gasteiger partial charge in [-0.3, -0.25) is 33.7 Å². The molecule has 1 aliphatic heterocycles. The lowest BCUT2D eigenvalue weighted by Crippen LogP contribution is -2.60. The number of aliphatic hydroxyl groups is 1. The number of urea groups is 1. The molecule has 22 heteroatoms. The third kappa shape index (κ3) is 19.4. The van der Waals surface area contributed by atoms with Crippen LogP contribution in [0.15, 0.2) is 54.6 Å². The number of carbonyl (C=O) groups excluding carboxylic acids is 8. The third-order valence-corrected chi connectivity index (χ3v) is 15.3. The van der Waals surface area contributed by atoms with E-state index in [1.54, 1.807) is 94.8 Å². The third-order valence-electron chi connectivity index (χ3n) is 15.3. The van der Waals surface area contributed by atoms with Crippen molar-refractivity contribution < 1.29 is 57.7 Å². The fourth-order valence-corrected chi connectivity index (χ4v) is 10.2. The number of hydrogen-bond acceptors (Lipinski definition) is 13. The second-order valence-electron chi connectivity index (χ2n) is 22.3. The maximum atomic E-state index is 14.7. The molecule has 2 aromatic rings. The minimum absolute atomic E-state index is 0.0747. The van der Waals surface area contributed by atoms with Crippen LogP contribution in [0.2, 0.25) is 0 Å². The van der Waals surface area contributed by atoms with Gasteiger partial charge in [0.2, 0.25) is 35.4 Å². The summed E-state index contributed by atoms with van der Waals surface area (Å²) in [6, 6.07) is 9.37. The SMILES string of the molecule is CC[C@H](C)[C@@H]([C@@H](CC(=O)N1CCC[C@H]1[C@H](OC)[C@@H](C)C(=O)N[C@H](C)[C@@H](O)c1ccccc1)OC)N(C)C(=O)[C@@H](NC(=O)C(C(C)C)N(C)C(=O)OCc1ccc(NC(=O)[C@H](CCCNC(N)=O)NC(=O)C(N)C(C)C)cc1)C(C)C. The fraction of sp³-hybridized carbons (Fsp3) is 0.655. The first-order valence-electron chi connectivity index (χ1n) is 28.0. The monoisotopic (exact) mass is 1120 g/mol. The Kier molecular flexibility index (Phi) is 27.8. The number of anilines is 1. The number of amides is 9. The normalized spacial score (nSPS) is 17.6. The number of rotatable bonds is 31. The second kappa shape index (κ2) is 32.8. The summed E-state index contributed by atoms with van der Waals surface area (Å²) in [5, 5.41) is 24.8. The van der Waals surface area contributed by atoms with Crippen molar-refractivity contribution in [1.29, 1.82) is 0 Å². The molecule has 22 nitrogen and oxygen atoms in total. The van der Waals surface area contributed by atoms with E-state index in [-0.39, 0.29) is 49.6 Å². The van der Waals surface area contributed by atoms with Gasteiger partial charge in [0.05, 0.1) is 54.8 Å². The van der Waals surface area contributed by atoms with E-state index in [9.17, 15) is 43.5 Å². The van der Waals surface area contributed by atoms with Crippen LogP contribution in [0.25, 0.3) is 0 Å². The molecule has 0 radical (unpaired) electrons. The molecule has 9 amide bonds. The Morgan fingerprint density at radius 1 is 0.775 bits per heavy atom. The lowest BCUT2D eigenvalue weighted by atomic mass is 9.89. The molecule has 1 fully saturated rings. The number of ether oxygens (including phenoxy) is 3. The van der Waals surface area contributed by atoms with Gasteiger partial charge in [-0.25, -0.2) is 9.59 Å². The molecule has 0 spiro atoms. The van der Waals surface area contributed by atoms with Gasteiger partial charge in [0, 0.05) is 47.1 Å². The van der Waals surface area contributed by atoms with Crippen LogP contribution in [-0.4, -0.2) is 163 Å². The topological polar surface area (TPSA) is 306 Å². The van der Waals surface area contributed by atoms with E-state index >= 15 is 0 Å². The van der Waals surface area contributed by atoms with E-state index in [0.29, 0.717) is 49.0 Å². The first kappa shape index (κ1) is 67.9. The van der Waals surface area contributed by atoms with Gasteiger partial charge in [0.25, 0.3) is 0 Å². The zero-order valence-corrected chi connectivity index (χ0v) is 49.7. The number of likely N-dealkylation sites (tertiary alicyclic amines) is 1. The number of benzene rings is 2. The number of methoxy groups -OCH3 is 2. The Morgan fingerprint density at radius 3 is 1.96 bits per heavy atom. The molecule has 12 atom stereocenters. The summed E-state index contributed by atoms with van der Waals surface area (Å²) in [5.74, 6) is -4.32. The standard InChI is InChI=1S/C58H94N10O12/c1-15-36(8)49(44(78-13)31-45(69)68-30-20-24-43(68)51(79-14)37(9)52(71)62-38(10)50(70)40-21-17-16-18-22-40)66(11)56(75)47(34(4)5)65-55(74)48(35(6)7)67(12)58(77)80-32-39-25-27-41(28-26-39)63-53(72)42(23-19-29-61-57(60)76)64-54(73)46(59)33(2)3/h16-18,21-22,25-28,33-38,42-44,46-51,70H,15,19-20,23-24,29-32,59H2,1-14H3,(H,62,71)(H,63,72)(H,64,73)(H,65,74)(H3,60,61,76)/t36-,37+,38+,42-,43-,44+,46?,47-,48?,49-,50+,51+/m0/s1. The Bertz CT molecular complexity index is 2320. The molecular weight excluding hydrogens is 1030 g/mol. The highest BCUT2D eigenvalue weighted by Gasteiger charge is 2.44. The lowest BCUT2D eigenvalue weighted by Gasteiger charge is -2.41. The van der Waals surface area contributed by atoms with E-state index in [1.807, 2.05) is 45.9 Å². The maximum absolute atomic E-state index is 14.7. The Morgan fingerprint density at radius 2 is 1.41 bits per heavy atom. The molecule has 1 aliphatic rings.